The standard InChI is InChI=1S/C16H19N3O4/c20-14-10-23-13-9-11(4-5-12(13)18-14)16(22)17-6-2-8-19-7-1-3-15(19)21/h4-5,9H,1-3,6-8,10H2,(H,17,22)(H,18,20). The second kappa shape index (κ2) is 6.68. The summed E-state index contributed by atoms with van der Waals surface area (Å²) in [7, 11) is 0. The van der Waals surface area contributed by atoms with Gasteiger partial charge in [0.2, 0.25) is 5.91 Å². The molecule has 1 aromatic carbocycles. The molecule has 122 valence electrons. The SMILES string of the molecule is O=C1COc2cc(C(=O)NCCCN3CCCC3=O)ccc2N1. The summed E-state index contributed by atoms with van der Waals surface area (Å²) >= 11 is 0. The molecule has 0 aliphatic carbocycles. The fourth-order valence-corrected chi connectivity index (χ4v) is 2.73. The summed E-state index contributed by atoms with van der Waals surface area (Å²) in [6, 6.07) is 4.92. The lowest BCUT2D eigenvalue weighted by molar-refractivity contribution is -0.127. The van der Waals surface area contributed by atoms with Crippen molar-refractivity contribution in [3.63, 3.8) is 0 Å². The average Bonchev–Trinajstić information content (AvgIpc) is 2.96. The molecule has 2 N–H and O–H groups in total. The maximum atomic E-state index is 12.1. The molecule has 7 heteroatoms. The van der Waals surface area contributed by atoms with E-state index in [9.17, 15) is 14.4 Å². The summed E-state index contributed by atoms with van der Waals surface area (Å²) in [5, 5.41) is 5.51. The molecule has 0 radical (unpaired) electrons. The molecule has 0 spiro atoms. The Labute approximate surface area is 134 Å². The van der Waals surface area contributed by atoms with Gasteiger partial charge in [-0.1, -0.05) is 0 Å². The molecule has 0 unspecified atom stereocenters. The Bertz CT molecular complexity index is 644. The van der Waals surface area contributed by atoms with Crippen molar-refractivity contribution in [3.05, 3.63) is 23.8 Å². The summed E-state index contributed by atoms with van der Waals surface area (Å²) in [6.45, 7) is 1.97. The number of amides is 3. The number of nitrogens with one attached hydrogen (secondary N) is 2. The third kappa shape index (κ3) is 3.61. The van der Waals surface area contributed by atoms with Crippen molar-refractivity contribution < 1.29 is 19.1 Å². The van der Waals surface area contributed by atoms with Gasteiger partial charge in [-0.3, -0.25) is 14.4 Å². The summed E-state index contributed by atoms with van der Waals surface area (Å²) < 4.78 is 5.30. The van der Waals surface area contributed by atoms with E-state index in [1.807, 2.05) is 4.90 Å². The number of anilines is 1. The molecule has 1 aromatic rings. The van der Waals surface area contributed by atoms with Gasteiger partial charge in [0, 0.05) is 31.6 Å². The second-order valence-electron chi connectivity index (χ2n) is 5.64. The van der Waals surface area contributed by atoms with Crippen molar-refractivity contribution in [2.45, 2.75) is 19.3 Å². The van der Waals surface area contributed by atoms with E-state index >= 15 is 0 Å². The number of carbonyl (C=O) groups excluding carboxylic acids is 3. The predicted molar refractivity (Wildman–Crippen MR) is 83.3 cm³/mol. The van der Waals surface area contributed by atoms with E-state index in [1.54, 1.807) is 18.2 Å². The van der Waals surface area contributed by atoms with Crippen LogP contribution in [0.15, 0.2) is 18.2 Å². The first kappa shape index (κ1) is 15.3. The number of carbonyl (C=O) groups is 3. The zero-order valence-corrected chi connectivity index (χ0v) is 12.8. The van der Waals surface area contributed by atoms with Crippen molar-refractivity contribution in [2.75, 3.05) is 31.6 Å². The first-order chi connectivity index (χ1) is 11.1. The number of benzene rings is 1. The van der Waals surface area contributed by atoms with Crippen LogP contribution < -0.4 is 15.4 Å². The monoisotopic (exact) mass is 317 g/mol. The topological polar surface area (TPSA) is 87.7 Å². The van der Waals surface area contributed by atoms with Crippen molar-refractivity contribution in [1.82, 2.24) is 10.2 Å². The summed E-state index contributed by atoms with van der Waals surface area (Å²) in [5.74, 6) is 0.303. The Kier molecular flexibility index (Phi) is 4.45. The lowest BCUT2D eigenvalue weighted by atomic mass is 10.1. The zero-order chi connectivity index (χ0) is 16.2. The Balaban J connectivity index is 1.48. The van der Waals surface area contributed by atoms with E-state index in [0.717, 1.165) is 19.4 Å². The molecule has 1 fully saturated rings. The van der Waals surface area contributed by atoms with Crippen molar-refractivity contribution in [1.29, 1.82) is 0 Å². The van der Waals surface area contributed by atoms with E-state index < -0.39 is 0 Å². The van der Waals surface area contributed by atoms with E-state index in [1.165, 1.54) is 0 Å². The smallest absolute Gasteiger partial charge is 0.262 e. The van der Waals surface area contributed by atoms with Crippen molar-refractivity contribution in [3.8, 4) is 5.75 Å². The molecular formula is C16H19N3O4. The number of ether oxygens (including phenoxy) is 1. The van der Waals surface area contributed by atoms with Crippen LogP contribution in [0.2, 0.25) is 0 Å². The first-order valence-electron chi connectivity index (χ1n) is 7.76. The Morgan fingerprint density at radius 3 is 3.00 bits per heavy atom. The number of hydrogen-bond donors (Lipinski definition) is 2. The van der Waals surface area contributed by atoms with Gasteiger partial charge in [0.05, 0.1) is 5.69 Å². The number of likely N-dealkylation sites (tertiary alicyclic amines) is 1. The normalized spacial score (nSPS) is 16.6. The maximum Gasteiger partial charge on any atom is 0.262 e. The molecule has 0 saturated carbocycles. The van der Waals surface area contributed by atoms with Crippen LogP contribution in [0.1, 0.15) is 29.6 Å². The van der Waals surface area contributed by atoms with Gasteiger partial charge < -0.3 is 20.3 Å². The van der Waals surface area contributed by atoms with Crippen LogP contribution in [0.4, 0.5) is 5.69 Å². The molecule has 0 atom stereocenters. The first-order valence-corrected chi connectivity index (χ1v) is 7.76. The Hall–Kier alpha value is -2.57. The van der Waals surface area contributed by atoms with Crippen LogP contribution in [0.3, 0.4) is 0 Å². The highest BCUT2D eigenvalue weighted by atomic mass is 16.5. The van der Waals surface area contributed by atoms with E-state index in [4.69, 9.17) is 4.74 Å². The highest BCUT2D eigenvalue weighted by Gasteiger charge is 2.20. The molecule has 2 heterocycles. The fraction of sp³-hybridized carbons (Fsp3) is 0.438. The van der Waals surface area contributed by atoms with Gasteiger partial charge in [-0.05, 0) is 31.0 Å². The second-order valence-corrected chi connectivity index (χ2v) is 5.64. The minimum Gasteiger partial charge on any atom is -0.482 e. The van der Waals surface area contributed by atoms with Crippen LogP contribution in [0.5, 0.6) is 5.75 Å². The van der Waals surface area contributed by atoms with Crippen molar-refractivity contribution in [2.24, 2.45) is 0 Å². The molecule has 3 amide bonds. The highest BCUT2D eigenvalue weighted by molar-refractivity contribution is 5.98. The number of nitrogens with zero attached hydrogens (tertiary/aromatic N) is 1. The van der Waals surface area contributed by atoms with E-state index in [2.05, 4.69) is 10.6 Å². The molecule has 2 aliphatic rings. The zero-order valence-electron chi connectivity index (χ0n) is 12.8. The average molecular weight is 317 g/mol. The number of fused-ring (bicyclic) bond motifs is 1. The van der Waals surface area contributed by atoms with Crippen molar-refractivity contribution >= 4 is 23.4 Å². The van der Waals surface area contributed by atoms with Gasteiger partial charge in [-0.25, -0.2) is 0 Å². The maximum absolute atomic E-state index is 12.1. The van der Waals surface area contributed by atoms with Gasteiger partial charge in [-0.15, -0.1) is 0 Å². The minimum absolute atomic E-state index is 0.0397. The molecule has 0 bridgehead atoms. The van der Waals surface area contributed by atoms with Crippen LogP contribution in [-0.2, 0) is 9.59 Å². The number of hydrogen-bond acceptors (Lipinski definition) is 4. The lowest BCUT2D eigenvalue weighted by Crippen LogP contribution is -2.31. The molecule has 3 rings (SSSR count). The van der Waals surface area contributed by atoms with Crippen LogP contribution in [0.25, 0.3) is 0 Å². The summed E-state index contributed by atoms with van der Waals surface area (Å²) in [4.78, 5) is 36.6. The Morgan fingerprint density at radius 2 is 2.22 bits per heavy atom. The van der Waals surface area contributed by atoms with Gasteiger partial charge in [0.1, 0.15) is 5.75 Å². The Morgan fingerprint density at radius 1 is 1.35 bits per heavy atom. The predicted octanol–water partition coefficient (Wildman–Crippen LogP) is 0.760. The van der Waals surface area contributed by atoms with Crippen LogP contribution >= 0.6 is 0 Å². The van der Waals surface area contributed by atoms with Gasteiger partial charge >= 0.3 is 0 Å². The van der Waals surface area contributed by atoms with Crippen LogP contribution in [0, 0.1) is 0 Å². The molecule has 7 nitrogen and oxygen atoms in total. The van der Waals surface area contributed by atoms with Gasteiger partial charge in [-0.2, -0.15) is 0 Å². The third-order valence-corrected chi connectivity index (χ3v) is 3.94. The summed E-state index contributed by atoms with van der Waals surface area (Å²) in [6.07, 6.45) is 2.30. The fourth-order valence-electron chi connectivity index (χ4n) is 2.73. The number of rotatable bonds is 5. The summed E-state index contributed by atoms with van der Waals surface area (Å²) in [5.41, 5.74) is 1.06. The molecule has 2 aliphatic heterocycles. The minimum atomic E-state index is -0.203. The van der Waals surface area contributed by atoms with Gasteiger partial charge in [0.25, 0.3) is 11.8 Å². The highest BCUT2D eigenvalue weighted by Crippen LogP contribution is 2.28. The molecule has 23 heavy (non-hydrogen) atoms. The van der Waals surface area contributed by atoms with E-state index in [0.29, 0.717) is 36.5 Å². The quantitative estimate of drug-likeness (QED) is 0.785. The lowest BCUT2D eigenvalue weighted by Gasteiger charge is -2.18. The van der Waals surface area contributed by atoms with E-state index in [-0.39, 0.29) is 24.3 Å². The van der Waals surface area contributed by atoms with Crippen LogP contribution in [-0.4, -0.2) is 48.9 Å². The third-order valence-electron chi connectivity index (χ3n) is 3.94. The van der Waals surface area contributed by atoms with Gasteiger partial charge in [0.15, 0.2) is 6.61 Å². The molecule has 1 saturated heterocycles. The molecular weight excluding hydrogens is 298 g/mol. The largest absolute Gasteiger partial charge is 0.482 e. The molecule has 0 aromatic heterocycles.